The number of halogens is 1. The highest BCUT2D eigenvalue weighted by Crippen LogP contribution is 2.41. The minimum absolute atomic E-state index is 0. The van der Waals surface area contributed by atoms with E-state index < -0.39 is 0 Å². The predicted octanol–water partition coefficient (Wildman–Crippen LogP) is 2.32. The Kier molecular flexibility index (Phi) is 6.46. The average Bonchev–Trinajstić information content (AvgIpc) is 2.35. The van der Waals surface area contributed by atoms with Crippen LogP contribution in [0.4, 0.5) is 0 Å². The van der Waals surface area contributed by atoms with E-state index in [4.69, 9.17) is 19.9 Å². The molecule has 1 aromatic carbocycles. The number of benzene rings is 1. The molecular formula is C12H18ClNO3. The molecule has 1 atom stereocenters. The number of ether oxygens (including phenoxy) is 3. The summed E-state index contributed by atoms with van der Waals surface area (Å²) in [5.74, 6) is 1.73. The molecule has 0 spiro atoms. The molecule has 0 fully saturated rings. The minimum atomic E-state index is -0.297. The first-order chi connectivity index (χ1) is 7.69. The molecule has 0 saturated carbocycles. The van der Waals surface area contributed by atoms with Crippen molar-refractivity contribution < 1.29 is 14.2 Å². The molecule has 0 saturated heterocycles. The monoisotopic (exact) mass is 259 g/mol. The van der Waals surface area contributed by atoms with E-state index in [1.807, 2.05) is 6.07 Å². The number of hydrogen-bond donors (Lipinski definition) is 1. The first-order valence-corrected chi connectivity index (χ1v) is 4.86. The van der Waals surface area contributed by atoms with Gasteiger partial charge in [0.1, 0.15) is 0 Å². The lowest BCUT2D eigenvalue weighted by molar-refractivity contribution is 0.321. The zero-order valence-corrected chi connectivity index (χ0v) is 11.0. The molecule has 0 heterocycles. The second-order valence-electron chi connectivity index (χ2n) is 3.19. The van der Waals surface area contributed by atoms with Gasteiger partial charge in [-0.25, -0.2) is 0 Å². The molecule has 0 aliphatic heterocycles. The van der Waals surface area contributed by atoms with Gasteiger partial charge in [-0.1, -0.05) is 6.08 Å². The van der Waals surface area contributed by atoms with Crippen molar-refractivity contribution in [3.05, 3.63) is 30.4 Å². The topological polar surface area (TPSA) is 53.7 Å². The molecule has 1 aromatic rings. The maximum absolute atomic E-state index is 5.89. The highest BCUT2D eigenvalue weighted by atomic mass is 35.5. The van der Waals surface area contributed by atoms with Crippen LogP contribution in [0.15, 0.2) is 24.8 Å². The van der Waals surface area contributed by atoms with E-state index in [9.17, 15) is 0 Å². The van der Waals surface area contributed by atoms with E-state index >= 15 is 0 Å². The molecule has 0 aliphatic carbocycles. The fourth-order valence-corrected chi connectivity index (χ4v) is 1.51. The molecule has 1 rings (SSSR count). The Balaban J connectivity index is 0.00000256. The normalized spacial score (nSPS) is 11.1. The Morgan fingerprint density at radius 2 is 1.71 bits per heavy atom. The third kappa shape index (κ3) is 3.05. The predicted molar refractivity (Wildman–Crippen MR) is 70.5 cm³/mol. The summed E-state index contributed by atoms with van der Waals surface area (Å²) < 4.78 is 15.7. The number of nitrogens with two attached hydrogens (primary N) is 1. The Morgan fingerprint density at radius 1 is 1.12 bits per heavy atom. The van der Waals surface area contributed by atoms with Gasteiger partial charge in [-0.2, -0.15) is 0 Å². The van der Waals surface area contributed by atoms with Crippen LogP contribution in [0.1, 0.15) is 11.6 Å². The molecule has 0 aliphatic rings. The fraction of sp³-hybridized carbons (Fsp3) is 0.333. The molecule has 0 bridgehead atoms. The van der Waals surface area contributed by atoms with Gasteiger partial charge in [0.05, 0.1) is 27.4 Å². The minimum Gasteiger partial charge on any atom is -0.493 e. The summed E-state index contributed by atoms with van der Waals surface area (Å²) in [5, 5.41) is 0. The second-order valence-corrected chi connectivity index (χ2v) is 3.19. The van der Waals surface area contributed by atoms with Gasteiger partial charge >= 0.3 is 0 Å². The van der Waals surface area contributed by atoms with E-state index in [1.54, 1.807) is 33.5 Å². The van der Waals surface area contributed by atoms with Gasteiger partial charge in [0.2, 0.25) is 5.75 Å². The third-order valence-electron chi connectivity index (χ3n) is 2.35. The van der Waals surface area contributed by atoms with Crippen molar-refractivity contribution in [1.29, 1.82) is 0 Å². The summed E-state index contributed by atoms with van der Waals surface area (Å²) in [6.45, 7) is 3.66. The van der Waals surface area contributed by atoms with Crippen molar-refractivity contribution >= 4 is 12.4 Å². The van der Waals surface area contributed by atoms with Gasteiger partial charge in [-0.15, -0.1) is 19.0 Å². The second kappa shape index (κ2) is 7.04. The summed E-state index contributed by atoms with van der Waals surface area (Å²) in [7, 11) is 4.70. The van der Waals surface area contributed by atoms with E-state index in [-0.39, 0.29) is 18.4 Å². The number of methoxy groups -OCH3 is 3. The van der Waals surface area contributed by atoms with Crippen LogP contribution in [0, 0.1) is 0 Å². The maximum atomic E-state index is 5.89. The molecule has 0 aromatic heterocycles. The van der Waals surface area contributed by atoms with Crippen LogP contribution in [-0.4, -0.2) is 21.3 Å². The Labute approximate surface area is 108 Å². The molecule has 96 valence electrons. The molecule has 0 amide bonds. The Bertz CT molecular complexity index is 382. The zero-order chi connectivity index (χ0) is 12.1. The van der Waals surface area contributed by atoms with Gasteiger partial charge < -0.3 is 19.9 Å². The van der Waals surface area contributed by atoms with Crippen molar-refractivity contribution in [1.82, 2.24) is 0 Å². The van der Waals surface area contributed by atoms with Crippen molar-refractivity contribution in [3.63, 3.8) is 0 Å². The Hall–Kier alpha value is -1.39. The zero-order valence-electron chi connectivity index (χ0n) is 10.2. The van der Waals surface area contributed by atoms with Crippen molar-refractivity contribution in [3.8, 4) is 17.2 Å². The van der Waals surface area contributed by atoms with Crippen LogP contribution in [0.5, 0.6) is 17.2 Å². The lowest BCUT2D eigenvalue weighted by atomic mass is 10.1. The standard InChI is InChI=1S/C12H17NO3.ClH/c1-5-9(13)8-6-7-10(14-2)12(16-4)11(8)15-3;/h5-7,9H,1,13H2,2-4H3;1H/t9-;/m0./s1. The largest absolute Gasteiger partial charge is 0.493 e. The quantitative estimate of drug-likeness (QED) is 0.825. The highest BCUT2D eigenvalue weighted by molar-refractivity contribution is 5.85. The lowest BCUT2D eigenvalue weighted by Crippen LogP contribution is -2.09. The molecule has 0 unspecified atom stereocenters. The van der Waals surface area contributed by atoms with Crippen molar-refractivity contribution in [2.45, 2.75) is 6.04 Å². The molecule has 5 heteroatoms. The molecule has 4 nitrogen and oxygen atoms in total. The first-order valence-electron chi connectivity index (χ1n) is 4.86. The van der Waals surface area contributed by atoms with Crippen LogP contribution in [0.25, 0.3) is 0 Å². The summed E-state index contributed by atoms with van der Waals surface area (Å²) in [6, 6.07) is 3.34. The molecule has 0 radical (unpaired) electrons. The van der Waals surface area contributed by atoms with Gasteiger partial charge in [-0.05, 0) is 12.1 Å². The third-order valence-corrected chi connectivity index (χ3v) is 2.35. The SMILES string of the molecule is C=C[C@H](N)c1ccc(OC)c(OC)c1OC.Cl. The van der Waals surface area contributed by atoms with E-state index in [1.165, 1.54) is 0 Å². The van der Waals surface area contributed by atoms with Crippen LogP contribution in [-0.2, 0) is 0 Å². The summed E-state index contributed by atoms with van der Waals surface area (Å²) >= 11 is 0. The van der Waals surface area contributed by atoms with Crippen LogP contribution >= 0.6 is 12.4 Å². The molecule has 2 N–H and O–H groups in total. The van der Waals surface area contributed by atoms with Crippen LogP contribution in [0.3, 0.4) is 0 Å². The van der Waals surface area contributed by atoms with Gasteiger partial charge in [0.25, 0.3) is 0 Å². The van der Waals surface area contributed by atoms with Crippen LogP contribution in [0.2, 0.25) is 0 Å². The fourth-order valence-electron chi connectivity index (χ4n) is 1.51. The van der Waals surface area contributed by atoms with Gasteiger partial charge in [0, 0.05) is 5.56 Å². The number of rotatable bonds is 5. The summed E-state index contributed by atoms with van der Waals surface area (Å²) in [5.41, 5.74) is 6.71. The van der Waals surface area contributed by atoms with Crippen molar-refractivity contribution in [2.75, 3.05) is 21.3 Å². The molecular weight excluding hydrogens is 242 g/mol. The summed E-state index contributed by atoms with van der Waals surface area (Å²) in [4.78, 5) is 0. The van der Waals surface area contributed by atoms with E-state index in [0.717, 1.165) is 5.56 Å². The van der Waals surface area contributed by atoms with Gasteiger partial charge in [-0.3, -0.25) is 0 Å². The highest BCUT2D eigenvalue weighted by Gasteiger charge is 2.18. The number of hydrogen-bond acceptors (Lipinski definition) is 4. The van der Waals surface area contributed by atoms with Crippen molar-refractivity contribution in [2.24, 2.45) is 5.73 Å². The van der Waals surface area contributed by atoms with Gasteiger partial charge in [0.15, 0.2) is 11.5 Å². The van der Waals surface area contributed by atoms with E-state index in [2.05, 4.69) is 6.58 Å². The first kappa shape index (κ1) is 15.6. The maximum Gasteiger partial charge on any atom is 0.203 e. The van der Waals surface area contributed by atoms with E-state index in [0.29, 0.717) is 17.2 Å². The molecule has 17 heavy (non-hydrogen) atoms. The Morgan fingerprint density at radius 3 is 2.12 bits per heavy atom. The smallest absolute Gasteiger partial charge is 0.203 e. The summed E-state index contributed by atoms with van der Waals surface area (Å²) in [6.07, 6.45) is 1.64. The van der Waals surface area contributed by atoms with Crippen LogP contribution < -0.4 is 19.9 Å². The lowest BCUT2D eigenvalue weighted by Gasteiger charge is -2.17. The average molecular weight is 260 g/mol.